The smallest absolute Gasteiger partial charge is 0.253 e. The van der Waals surface area contributed by atoms with Gasteiger partial charge in [0.25, 0.3) is 5.91 Å². The lowest BCUT2D eigenvalue weighted by atomic mass is 10.1. The number of nitrogens with one attached hydrogen (secondary N) is 2. The van der Waals surface area contributed by atoms with Gasteiger partial charge in [-0.15, -0.1) is 24.0 Å². The van der Waals surface area contributed by atoms with Gasteiger partial charge < -0.3 is 15.5 Å². The molecule has 0 fully saturated rings. The third-order valence-corrected chi connectivity index (χ3v) is 4.14. The Morgan fingerprint density at radius 1 is 0.966 bits per heavy atom. The van der Waals surface area contributed by atoms with Crippen LogP contribution in [0.25, 0.3) is 0 Å². The van der Waals surface area contributed by atoms with E-state index in [1.807, 2.05) is 18.2 Å². The minimum atomic E-state index is -0.576. The number of halogens is 3. The molecular weight excluding hydrogens is 489 g/mol. The SMILES string of the molecule is CN=C(NCCc1cc(F)cc(F)c1)NCCc1cccc(C(=O)N(C)C)c1.I. The molecule has 0 aliphatic rings. The van der Waals surface area contributed by atoms with Crippen molar-refractivity contribution in [3.05, 3.63) is 70.8 Å². The van der Waals surface area contributed by atoms with Gasteiger partial charge in [-0.05, 0) is 48.2 Å². The molecule has 0 saturated heterocycles. The molecule has 0 unspecified atom stereocenters. The third-order valence-electron chi connectivity index (χ3n) is 4.14. The van der Waals surface area contributed by atoms with Crippen molar-refractivity contribution in [1.29, 1.82) is 0 Å². The van der Waals surface area contributed by atoms with Crippen molar-refractivity contribution in [3.63, 3.8) is 0 Å². The summed E-state index contributed by atoms with van der Waals surface area (Å²) < 4.78 is 26.4. The molecule has 2 rings (SSSR count). The van der Waals surface area contributed by atoms with E-state index in [0.29, 0.717) is 36.6 Å². The first-order valence-electron chi connectivity index (χ1n) is 9.09. The molecule has 0 radical (unpaired) electrons. The highest BCUT2D eigenvalue weighted by atomic mass is 127. The highest BCUT2D eigenvalue weighted by molar-refractivity contribution is 14.0. The predicted octanol–water partition coefficient (Wildman–Crippen LogP) is 3.23. The van der Waals surface area contributed by atoms with Gasteiger partial charge in [0.2, 0.25) is 0 Å². The molecule has 0 aliphatic heterocycles. The molecule has 29 heavy (non-hydrogen) atoms. The third kappa shape index (κ3) is 8.35. The molecule has 0 saturated carbocycles. The van der Waals surface area contributed by atoms with E-state index in [-0.39, 0.29) is 29.9 Å². The van der Waals surface area contributed by atoms with Crippen LogP contribution in [0.15, 0.2) is 47.5 Å². The summed E-state index contributed by atoms with van der Waals surface area (Å²) >= 11 is 0. The van der Waals surface area contributed by atoms with Crippen molar-refractivity contribution in [2.45, 2.75) is 12.8 Å². The summed E-state index contributed by atoms with van der Waals surface area (Å²) in [4.78, 5) is 17.7. The van der Waals surface area contributed by atoms with Gasteiger partial charge in [-0.1, -0.05) is 12.1 Å². The fourth-order valence-electron chi connectivity index (χ4n) is 2.74. The summed E-state index contributed by atoms with van der Waals surface area (Å²) in [5.41, 5.74) is 2.29. The molecule has 158 valence electrons. The second kappa shape index (κ2) is 12.4. The highest BCUT2D eigenvalue weighted by Gasteiger charge is 2.08. The molecule has 1 amide bonds. The summed E-state index contributed by atoms with van der Waals surface area (Å²) in [7, 11) is 5.11. The number of guanidine groups is 1. The van der Waals surface area contributed by atoms with E-state index in [1.54, 1.807) is 32.1 Å². The van der Waals surface area contributed by atoms with Crippen LogP contribution in [0.3, 0.4) is 0 Å². The van der Waals surface area contributed by atoms with Gasteiger partial charge in [0.1, 0.15) is 11.6 Å². The first-order chi connectivity index (χ1) is 13.4. The van der Waals surface area contributed by atoms with Gasteiger partial charge in [-0.25, -0.2) is 8.78 Å². The molecular formula is C21H27F2IN4O. The van der Waals surface area contributed by atoms with Crippen LogP contribution in [0.5, 0.6) is 0 Å². The van der Waals surface area contributed by atoms with Crippen molar-refractivity contribution in [2.24, 2.45) is 4.99 Å². The normalized spacial score (nSPS) is 10.9. The first kappa shape index (κ1) is 24.8. The second-order valence-corrected chi connectivity index (χ2v) is 6.60. The lowest BCUT2D eigenvalue weighted by Crippen LogP contribution is -2.39. The fourth-order valence-corrected chi connectivity index (χ4v) is 2.74. The van der Waals surface area contributed by atoms with E-state index in [0.717, 1.165) is 18.1 Å². The van der Waals surface area contributed by atoms with Gasteiger partial charge in [-0.3, -0.25) is 9.79 Å². The number of aliphatic imine (C=N–C) groups is 1. The van der Waals surface area contributed by atoms with Crippen molar-refractivity contribution in [1.82, 2.24) is 15.5 Å². The van der Waals surface area contributed by atoms with E-state index in [2.05, 4.69) is 15.6 Å². The Hall–Kier alpha value is -2.23. The summed E-state index contributed by atoms with van der Waals surface area (Å²) in [5.74, 6) is -0.571. The number of carbonyl (C=O) groups is 1. The van der Waals surface area contributed by atoms with Crippen molar-refractivity contribution < 1.29 is 13.6 Å². The molecule has 2 aromatic carbocycles. The van der Waals surface area contributed by atoms with Crippen LogP contribution in [-0.4, -0.2) is 51.0 Å². The molecule has 5 nitrogen and oxygen atoms in total. The molecule has 0 aliphatic carbocycles. The van der Waals surface area contributed by atoms with Crippen molar-refractivity contribution >= 4 is 35.8 Å². The quantitative estimate of drug-likeness (QED) is 0.338. The van der Waals surface area contributed by atoms with E-state index in [1.165, 1.54) is 12.1 Å². The van der Waals surface area contributed by atoms with Gasteiger partial charge in [0.15, 0.2) is 5.96 Å². The van der Waals surface area contributed by atoms with E-state index in [4.69, 9.17) is 0 Å². The fraction of sp³-hybridized carbons (Fsp3) is 0.333. The summed E-state index contributed by atoms with van der Waals surface area (Å²) in [5, 5.41) is 6.31. The van der Waals surface area contributed by atoms with Crippen LogP contribution < -0.4 is 10.6 Å². The Morgan fingerprint density at radius 2 is 1.55 bits per heavy atom. The average Bonchev–Trinajstić information content (AvgIpc) is 2.65. The minimum Gasteiger partial charge on any atom is -0.356 e. The molecule has 8 heteroatoms. The number of amides is 1. The number of hydrogen-bond donors (Lipinski definition) is 2. The Bertz CT molecular complexity index is 823. The summed E-state index contributed by atoms with van der Waals surface area (Å²) in [6.07, 6.45) is 1.20. The van der Waals surface area contributed by atoms with Crippen LogP contribution in [0.2, 0.25) is 0 Å². The van der Waals surface area contributed by atoms with Crippen LogP contribution in [0.4, 0.5) is 8.78 Å². The average molecular weight is 516 g/mol. The zero-order chi connectivity index (χ0) is 20.5. The zero-order valence-corrected chi connectivity index (χ0v) is 19.2. The number of hydrogen-bond acceptors (Lipinski definition) is 2. The van der Waals surface area contributed by atoms with Crippen molar-refractivity contribution in [3.8, 4) is 0 Å². The predicted molar refractivity (Wildman–Crippen MR) is 123 cm³/mol. The van der Waals surface area contributed by atoms with Crippen LogP contribution in [0.1, 0.15) is 21.5 Å². The van der Waals surface area contributed by atoms with Crippen LogP contribution in [0, 0.1) is 11.6 Å². The number of carbonyl (C=O) groups excluding carboxylic acids is 1. The largest absolute Gasteiger partial charge is 0.356 e. The Labute approximate surface area is 187 Å². The van der Waals surface area contributed by atoms with Crippen LogP contribution >= 0.6 is 24.0 Å². The maximum Gasteiger partial charge on any atom is 0.253 e. The van der Waals surface area contributed by atoms with Gasteiger partial charge in [-0.2, -0.15) is 0 Å². The van der Waals surface area contributed by atoms with E-state index in [9.17, 15) is 13.6 Å². The molecule has 0 heterocycles. The van der Waals surface area contributed by atoms with Gasteiger partial charge in [0.05, 0.1) is 0 Å². The Kier molecular flexibility index (Phi) is 10.6. The second-order valence-electron chi connectivity index (χ2n) is 6.60. The Balaban J connectivity index is 0.00000420. The topological polar surface area (TPSA) is 56.7 Å². The first-order valence-corrected chi connectivity index (χ1v) is 9.09. The van der Waals surface area contributed by atoms with Crippen LogP contribution in [-0.2, 0) is 12.8 Å². The molecule has 2 N–H and O–H groups in total. The standard InChI is InChI=1S/C21H26F2N4O.HI/c1-24-21(26-10-8-16-12-18(22)14-19(23)13-16)25-9-7-15-5-4-6-17(11-15)20(28)27(2)3;/h4-6,11-14H,7-10H2,1-3H3,(H2,24,25,26);1H. The molecule has 0 bridgehead atoms. The monoisotopic (exact) mass is 516 g/mol. The van der Waals surface area contributed by atoms with E-state index >= 15 is 0 Å². The minimum absolute atomic E-state index is 0. The number of rotatable bonds is 7. The van der Waals surface area contributed by atoms with Gasteiger partial charge >= 0.3 is 0 Å². The van der Waals surface area contributed by atoms with Crippen molar-refractivity contribution in [2.75, 3.05) is 34.2 Å². The molecule has 0 aromatic heterocycles. The maximum atomic E-state index is 13.2. The number of nitrogens with zero attached hydrogens (tertiary/aromatic N) is 2. The molecule has 2 aromatic rings. The van der Waals surface area contributed by atoms with E-state index < -0.39 is 11.6 Å². The van der Waals surface area contributed by atoms with Gasteiger partial charge in [0, 0.05) is 45.9 Å². The highest BCUT2D eigenvalue weighted by Crippen LogP contribution is 2.09. The Morgan fingerprint density at radius 3 is 2.10 bits per heavy atom. The zero-order valence-electron chi connectivity index (χ0n) is 16.8. The summed E-state index contributed by atoms with van der Waals surface area (Å²) in [6, 6.07) is 11.0. The molecule has 0 atom stereocenters. The summed E-state index contributed by atoms with van der Waals surface area (Å²) in [6.45, 7) is 1.13. The molecule has 0 spiro atoms. The maximum absolute atomic E-state index is 13.2. The lowest BCUT2D eigenvalue weighted by Gasteiger charge is -2.13. The number of benzene rings is 2. The lowest BCUT2D eigenvalue weighted by molar-refractivity contribution is 0.0827.